The van der Waals surface area contributed by atoms with Crippen LogP contribution in [0, 0.1) is 11.6 Å². The molecule has 0 saturated heterocycles. The normalized spacial score (nSPS) is 11.6. The average molecular weight is 416 g/mol. The largest absolute Gasteiger partial charge is 0.495 e. The van der Waals surface area contributed by atoms with Crippen molar-refractivity contribution in [1.82, 2.24) is 14.4 Å². The Morgan fingerprint density at radius 3 is 2.55 bits per heavy atom. The summed E-state index contributed by atoms with van der Waals surface area (Å²) >= 11 is 0. The Hall–Kier alpha value is -3.53. The molecule has 7 nitrogen and oxygen atoms in total. The number of nitrogens with zero attached hydrogens (tertiary/aromatic N) is 3. The van der Waals surface area contributed by atoms with E-state index in [0.717, 1.165) is 12.1 Å². The van der Waals surface area contributed by atoms with Gasteiger partial charge >= 0.3 is 0 Å². The number of imidazole rings is 1. The Labute approximate surface area is 164 Å². The van der Waals surface area contributed by atoms with E-state index in [-0.39, 0.29) is 11.4 Å². The van der Waals surface area contributed by atoms with Crippen LogP contribution in [0.5, 0.6) is 5.75 Å². The molecule has 1 N–H and O–H groups in total. The summed E-state index contributed by atoms with van der Waals surface area (Å²) < 4.78 is 61.4. The van der Waals surface area contributed by atoms with E-state index in [4.69, 9.17) is 4.74 Å². The number of ether oxygens (including phenoxy) is 1. The Morgan fingerprint density at radius 1 is 1.10 bits per heavy atom. The molecule has 2 aromatic carbocycles. The lowest BCUT2D eigenvalue weighted by Crippen LogP contribution is -2.14. The molecule has 4 aromatic rings. The number of halogens is 2. The summed E-state index contributed by atoms with van der Waals surface area (Å²) in [5.41, 5.74) is 1.25. The summed E-state index contributed by atoms with van der Waals surface area (Å²) in [6.45, 7) is 0. The van der Waals surface area contributed by atoms with Crippen LogP contribution in [0.1, 0.15) is 0 Å². The fourth-order valence-electron chi connectivity index (χ4n) is 2.80. The summed E-state index contributed by atoms with van der Waals surface area (Å²) in [6.07, 6.45) is 5.13. The Kier molecular flexibility index (Phi) is 4.63. The van der Waals surface area contributed by atoms with Crippen molar-refractivity contribution >= 4 is 21.5 Å². The van der Waals surface area contributed by atoms with Crippen LogP contribution in [0.2, 0.25) is 0 Å². The third-order valence-electron chi connectivity index (χ3n) is 4.12. The number of aromatic nitrogens is 3. The van der Waals surface area contributed by atoms with Gasteiger partial charge in [-0.15, -0.1) is 0 Å². The van der Waals surface area contributed by atoms with E-state index in [1.807, 2.05) is 0 Å². The van der Waals surface area contributed by atoms with Crippen LogP contribution in [-0.2, 0) is 10.0 Å². The van der Waals surface area contributed by atoms with E-state index >= 15 is 0 Å². The standard InChI is InChI=1S/C19H14F2N4O3S/c1-28-18-4-3-12(17-11-25-6-2-5-22-19(25)23-17)7-16(18)24-29(26,27)15-9-13(20)8-14(21)10-15/h2-11,24H,1H3. The summed E-state index contributed by atoms with van der Waals surface area (Å²) in [4.78, 5) is 7.99. The number of hydrogen-bond donors (Lipinski definition) is 1. The molecule has 0 spiro atoms. The number of rotatable bonds is 5. The van der Waals surface area contributed by atoms with Crippen LogP contribution < -0.4 is 9.46 Å². The third-order valence-corrected chi connectivity index (χ3v) is 5.47. The summed E-state index contributed by atoms with van der Waals surface area (Å²) in [6, 6.07) is 8.61. The van der Waals surface area contributed by atoms with E-state index < -0.39 is 26.6 Å². The second-order valence-corrected chi connectivity index (χ2v) is 7.76. The van der Waals surface area contributed by atoms with Crippen molar-refractivity contribution in [3.05, 3.63) is 72.7 Å². The first kappa shape index (κ1) is 18.8. The molecule has 0 fully saturated rings. The van der Waals surface area contributed by atoms with Crippen LogP contribution in [0.15, 0.2) is 66.0 Å². The zero-order valence-electron chi connectivity index (χ0n) is 15.0. The molecule has 0 bridgehead atoms. The van der Waals surface area contributed by atoms with E-state index in [1.54, 1.807) is 41.2 Å². The highest BCUT2D eigenvalue weighted by molar-refractivity contribution is 7.92. The molecule has 0 aliphatic rings. The van der Waals surface area contributed by atoms with Crippen molar-refractivity contribution in [2.45, 2.75) is 4.90 Å². The van der Waals surface area contributed by atoms with Crippen LogP contribution in [0.25, 0.3) is 17.0 Å². The molecule has 0 unspecified atom stereocenters. The lowest BCUT2D eigenvalue weighted by atomic mass is 10.1. The molecule has 0 atom stereocenters. The molecule has 148 valence electrons. The summed E-state index contributed by atoms with van der Waals surface area (Å²) in [5.74, 6) is -1.28. The van der Waals surface area contributed by atoms with E-state index in [0.29, 0.717) is 23.1 Å². The number of fused-ring (bicyclic) bond motifs is 1. The second kappa shape index (κ2) is 7.13. The van der Waals surface area contributed by atoms with Crippen molar-refractivity contribution in [2.75, 3.05) is 11.8 Å². The lowest BCUT2D eigenvalue weighted by molar-refractivity contribution is 0.417. The zero-order valence-corrected chi connectivity index (χ0v) is 15.8. The van der Waals surface area contributed by atoms with Crippen molar-refractivity contribution < 1.29 is 21.9 Å². The summed E-state index contributed by atoms with van der Waals surface area (Å²) in [5, 5.41) is 0. The van der Waals surface area contributed by atoms with Crippen molar-refractivity contribution in [1.29, 1.82) is 0 Å². The predicted molar refractivity (Wildman–Crippen MR) is 102 cm³/mol. The van der Waals surface area contributed by atoms with Crippen molar-refractivity contribution in [3.8, 4) is 17.0 Å². The molecule has 10 heteroatoms. The minimum absolute atomic E-state index is 0.0969. The molecule has 0 radical (unpaired) electrons. The first-order valence-electron chi connectivity index (χ1n) is 8.33. The van der Waals surface area contributed by atoms with Crippen LogP contribution >= 0.6 is 0 Å². The van der Waals surface area contributed by atoms with Crippen LogP contribution in [-0.4, -0.2) is 29.9 Å². The SMILES string of the molecule is COc1ccc(-c2cn3cccnc3n2)cc1NS(=O)(=O)c1cc(F)cc(F)c1. The van der Waals surface area contributed by atoms with Crippen LogP contribution in [0.4, 0.5) is 14.5 Å². The monoisotopic (exact) mass is 416 g/mol. The Morgan fingerprint density at radius 2 is 1.86 bits per heavy atom. The minimum atomic E-state index is -4.26. The van der Waals surface area contributed by atoms with Gasteiger partial charge in [0.2, 0.25) is 5.78 Å². The number of methoxy groups -OCH3 is 1. The molecule has 29 heavy (non-hydrogen) atoms. The molecule has 4 rings (SSSR count). The number of sulfonamides is 1. The predicted octanol–water partition coefficient (Wildman–Crippen LogP) is 3.48. The highest BCUT2D eigenvalue weighted by atomic mass is 32.2. The molecule has 0 saturated carbocycles. The van der Waals surface area contributed by atoms with Gasteiger partial charge in [-0.25, -0.2) is 27.2 Å². The topological polar surface area (TPSA) is 85.6 Å². The molecular weight excluding hydrogens is 402 g/mol. The van der Waals surface area contributed by atoms with E-state index in [1.165, 1.54) is 13.2 Å². The third kappa shape index (κ3) is 3.74. The maximum absolute atomic E-state index is 13.5. The number of anilines is 1. The summed E-state index contributed by atoms with van der Waals surface area (Å²) in [7, 11) is -2.88. The smallest absolute Gasteiger partial charge is 0.262 e. The molecule has 0 aliphatic heterocycles. The van der Waals surface area contributed by atoms with Gasteiger partial charge in [0.05, 0.1) is 23.4 Å². The Bertz CT molecular complexity index is 1270. The van der Waals surface area contributed by atoms with E-state index in [2.05, 4.69) is 14.7 Å². The molecule has 0 aliphatic carbocycles. The average Bonchev–Trinajstić information content (AvgIpc) is 3.11. The van der Waals surface area contributed by atoms with Gasteiger partial charge < -0.3 is 4.74 Å². The lowest BCUT2D eigenvalue weighted by Gasteiger charge is -2.13. The maximum Gasteiger partial charge on any atom is 0.262 e. The second-order valence-electron chi connectivity index (χ2n) is 6.08. The highest BCUT2D eigenvalue weighted by Gasteiger charge is 2.19. The van der Waals surface area contributed by atoms with Gasteiger partial charge in [-0.05, 0) is 36.4 Å². The van der Waals surface area contributed by atoms with Crippen molar-refractivity contribution in [2.24, 2.45) is 0 Å². The van der Waals surface area contributed by atoms with Gasteiger partial charge in [-0.3, -0.25) is 9.12 Å². The number of hydrogen-bond acceptors (Lipinski definition) is 5. The zero-order chi connectivity index (χ0) is 20.6. The molecule has 2 aromatic heterocycles. The Balaban J connectivity index is 1.75. The number of nitrogens with one attached hydrogen (secondary N) is 1. The van der Waals surface area contributed by atoms with Gasteiger partial charge in [0, 0.05) is 30.2 Å². The first-order chi connectivity index (χ1) is 13.9. The maximum atomic E-state index is 13.5. The number of benzene rings is 2. The fourth-order valence-corrected chi connectivity index (χ4v) is 3.91. The van der Waals surface area contributed by atoms with Gasteiger partial charge in [-0.2, -0.15) is 0 Å². The van der Waals surface area contributed by atoms with Crippen LogP contribution in [0.3, 0.4) is 0 Å². The minimum Gasteiger partial charge on any atom is -0.495 e. The molecule has 0 amide bonds. The first-order valence-corrected chi connectivity index (χ1v) is 9.81. The van der Waals surface area contributed by atoms with Crippen molar-refractivity contribution in [3.63, 3.8) is 0 Å². The van der Waals surface area contributed by atoms with E-state index in [9.17, 15) is 17.2 Å². The quantitative estimate of drug-likeness (QED) is 0.538. The highest BCUT2D eigenvalue weighted by Crippen LogP contribution is 2.32. The molecular formula is C19H14F2N4O3S. The van der Waals surface area contributed by atoms with Gasteiger partial charge in [0.25, 0.3) is 10.0 Å². The molecule has 2 heterocycles. The van der Waals surface area contributed by atoms with Gasteiger partial charge in [0.1, 0.15) is 17.4 Å². The van der Waals surface area contributed by atoms with Gasteiger partial charge in [-0.1, -0.05) is 0 Å². The van der Waals surface area contributed by atoms with Gasteiger partial charge in [0.15, 0.2) is 0 Å². The fraction of sp³-hybridized carbons (Fsp3) is 0.0526.